The molecule has 2 N–H and O–H groups in total. The van der Waals surface area contributed by atoms with Gasteiger partial charge in [0.15, 0.2) is 0 Å². The quantitative estimate of drug-likeness (QED) is 0.866. The lowest BCUT2D eigenvalue weighted by Crippen LogP contribution is -2.22. The number of carbonyl (C=O) groups excluding carboxylic acids is 1. The fraction of sp³-hybridized carbons (Fsp3) is 0.316. The smallest absolute Gasteiger partial charge is 0.147 e. The number of anilines is 1. The van der Waals surface area contributed by atoms with Crippen LogP contribution in [0.5, 0.6) is 0 Å². The van der Waals surface area contributed by atoms with Crippen LogP contribution in [0, 0.1) is 5.92 Å². The zero-order valence-electron chi connectivity index (χ0n) is 12.0. The first kappa shape index (κ1) is 12.6. The topological polar surface area (TPSA) is 43.1 Å². The van der Waals surface area contributed by atoms with E-state index in [1.54, 1.807) is 0 Å². The molecule has 2 heteroatoms. The van der Waals surface area contributed by atoms with Crippen LogP contribution in [0.2, 0.25) is 0 Å². The molecule has 21 heavy (non-hydrogen) atoms. The van der Waals surface area contributed by atoms with E-state index >= 15 is 0 Å². The minimum atomic E-state index is -0.206. The zero-order chi connectivity index (χ0) is 14.4. The van der Waals surface area contributed by atoms with Crippen LogP contribution < -0.4 is 5.73 Å². The van der Waals surface area contributed by atoms with Gasteiger partial charge < -0.3 is 5.73 Å². The first-order chi connectivity index (χ1) is 10.2. The number of Topliss-reactive ketones (excluding diaryl/α,β-unsaturated/α-hetero) is 1. The number of benzene rings is 2. The monoisotopic (exact) mass is 277 g/mol. The average Bonchev–Trinajstić information content (AvgIpc) is 3.41. The lowest BCUT2D eigenvalue weighted by Gasteiger charge is -2.15. The third-order valence-electron chi connectivity index (χ3n) is 5.04. The lowest BCUT2D eigenvalue weighted by atomic mass is 9.87. The first-order valence-electron chi connectivity index (χ1n) is 7.66. The summed E-state index contributed by atoms with van der Waals surface area (Å²) in [5.74, 6) is 1.10. The molecule has 2 fully saturated rings. The van der Waals surface area contributed by atoms with E-state index in [1.165, 1.54) is 5.56 Å². The Bertz CT molecular complexity index is 670. The second-order valence-corrected chi connectivity index (χ2v) is 6.43. The second kappa shape index (κ2) is 4.45. The molecule has 0 heterocycles. The maximum absolute atomic E-state index is 12.9. The molecule has 4 rings (SSSR count). The summed E-state index contributed by atoms with van der Waals surface area (Å²) in [4.78, 5) is 12.9. The third kappa shape index (κ3) is 2.06. The van der Waals surface area contributed by atoms with Crippen LogP contribution in [0.25, 0.3) is 0 Å². The minimum Gasteiger partial charge on any atom is -0.399 e. The highest BCUT2D eigenvalue weighted by Gasteiger charge is 2.58. The van der Waals surface area contributed by atoms with Gasteiger partial charge in [0.25, 0.3) is 0 Å². The standard InChI is InChI=1S/C19H19NO/c20-15-8-6-14(7-9-15)19(10-11-19)18(21)17-12-16(17)13-4-2-1-3-5-13/h1-9,16-17H,10-12,20H2. The third-order valence-corrected chi connectivity index (χ3v) is 5.04. The van der Waals surface area contributed by atoms with Crippen molar-refractivity contribution in [1.29, 1.82) is 0 Å². The molecule has 0 bridgehead atoms. The molecule has 0 radical (unpaired) electrons. The molecule has 0 amide bonds. The fourth-order valence-corrected chi connectivity index (χ4v) is 3.51. The Morgan fingerprint density at radius 1 is 1.00 bits per heavy atom. The van der Waals surface area contributed by atoms with E-state index in [0.29, 0.717) is 11.7 Å². The highest BCUT2D eigenvalue weighted by molar-refractivity contribution is 5.97. The van der Waals surface area contributed by atoms with Gasteiger partial charge in [-0.3, -0.25) is 4.79 Å². The van der Waals surface area contributed by atoms with Crippen molar-refractivity contribution in [2.75, 3.05) is 5.73 Å². The van der Waals surface area contributed by atoms with Crippen molar-refractivity contribution < 1.29 is 4.79 Å². The van der Waals surface area contributed by atoms with Crippen molar-refractivity contribution in [2.45, 2.75) is 30.6 Å². The van der Waals surface area contributed by atoms with E-state index < -0.39 is 0 Å². The number of hydrogen-bond acceptors (Lipinski definition) is 2. The summed E-state index contributed by atoms with van der Waals surface area (Å²) < 4.78 is 0. The van der Waals surface area contributed by atoms with E-state index in [2.05, 4.69) is 24.3 Å². The minimum absolute atomic E-state index is 0.206. The molecule has 2 aliphatic carbocycles. The predicted octanol–water partition coefficient (Wildman–Crippen LogP) is 3.67. The van der Waals surface area contributed by atoms with Crippen LogP contribution in [-0.4, -0.2) is 5.78 Å². The zero-order valence-corrected chi connectivity index (χ0v) is 12.0. The van der Waals surface area contributed by atoms with Gasteiger partial charge in [-0.05, 0) is 48.4 Å². The summed E-state index contributed by atoms with van der Waals surface area (Å²) in [7, 11) is 0. The first-order valence-corrected chi connectivity index (χ1v) is 7.66. The molecule has 0 aliphatic heterocycles. The van der Waals surface area contributed by atoms with E-state index in [9.17, 15) is 4.79 Å². The molecule has 2 unspecified atom stereocenters. The maximum atomic E-state index is 12.9. The predicted molar refractivity (Wildman–Crippen MR) is 84.1 cm³/mol. The lowest BCUT2D eigenvalue weighted by molar-refractivity contribution is -0.122. The van der Waals surface area contributed by atoms with Crippen molar-refractivity contribution in [1.82, 2.24) is 0 Å². The van der Waals surface area contributed by atoms with E-state index in [-0.39, 0.29) is 11.3 Å². The van der Waals surface area contributed by atoms with Crippen LogP contribution in [-0.2, 0) is 10.2 Å². The number of rotatable bonds is 4. The van der Waals surface area contributed by atoms with E-state index in [4.69, 9.17) is 5.73 Å². The SMILES string of the molecule is Nc1ccc(C2(C(=O)C3CC3c3ccccc3)CC2)cc1. The summed E-state index contributed by atoms with van der Waals surface area (Å²) in [5.41, 5.74) is 8.77. The Balaban J connectivity index is 1.55. The molecule has 2 aliphatic rings. The second-order valence-electron chi connectivity index (χ2n) is 6.43. The van der Waals surface area contributed by atoms with Crippen molar-refractivity contribution >= 4 is 11.5 Å². The van der Waals surface area contributed by atoms with Crippen molar-refractivity contribution in [3.8, 4) is 0 Å². The summed E-state index contributed by atoms with van der Waals surface area (Å²) >= 11 is 0. The molecule has 106 valence electrons. The number of nitrogens with two attached hydrogens (primary N) is 1. The van der Waals surface area contributed by atoms with Crippen molar-refractivity contribution in [3.63, 3.8) is 0 Å². The molecular weight excluding hydrogens is 258 g/mol. The van der Waals surface area contributed by atoms with Gasteiger partial charge in [0, 0.05) is 11.6 Å². The van der Waals surface area contributed by atoms with Crippen molar-refractivity contribution in [3.05, 3.63) is 65.7 Å². The Hall–Kier alpha value is -2.09. The van der Waals surface area contributed by atoms with Crippen LogP contribution in [0.4, 0.5) is 5.69 Å². The number of nitrogen functional groups attached to an aromatic ring is 1. The molecule has 0 saturated heterocycles. The Morgan fingerprint density at radius 3 is 2.29 bits per heavy atom. The summed E-state index contributed by atoms with van der Waals surface area (Å²) in [6, 6.07) is 18.3. The molecule has 2 atom stereocenters. The highest BCUT2D eigenvalue weighted by Crippen LogP contribution is 2.58. The summed E-state index contributed by atoms with van der Waals surface area (Å²) in [5, 5.41) is 0. The molecular formula is C19H19NO. The highest BCUT2D eigenvalue weighted by atomic mass is 16.1. The Labute approximate surface area is 125 Å². The van der Waals surface area contributed by atoms with Gasteiger partial charge in [0.2, 0.25) is 0 Å². The number of ketones is 1. The largest absolute Gasteiger partial charge is 0.399 e. The van der Waals surface area contributed by atoms with Gasteiger partial charge in [0.1, 0.15) is 5.78 Å². The van der Waals surface area contributed by atoms with Gasteiger partial charge in [-0.25, -0.2) is 0 Å². The van der Waals surface area contributed by atoms with Crippen molar-refractivity contribution in [2.24, 2.45) is 5.92 Å². The molecule has 0 spiro atoms. The molecule has 2 aromatic rings. The van der Waals surface area contributed by atoms with E-state index in [1.807, 2.05) is 30.3 Å². The average molecular weight is 277 g/mol. The van der Waals surface area contributed by atoms with Gasteiger partial charge in [-0.15, -0.1) is 0 Å². The molecule has 0 aromatic heterocycles. The summed E-state index contributed by atoms with van der Waals surface area (Å²) in [6.45, 7) is 0. The van der Waals surface area contributed by atoms with Gasteiger partial charge >= 0.3 is 0 Å². The van der Waals surface area contributed by atoms with Gasteiger partial charge in [0.05, 0.1) is 5.41 Å². The number of carbonyl (C=O) groups is 1. The van der Waals surface area contributed by atoms with Crippen LogP contribution in [0.1, 0.15) is 36.3 Å². The number of hydrogen-bond donors (Lipinski definition) is 1. The summed E-state index contributed by atoms with van der Waals surface area (Å²) in [6.07, 6.45) is 3.00. The molecule has 2 aromatic carbocycles. The van der Waals surface area contributed by atoms with Crippen LogP contribution >= 0.6 is 0 Å². The molecule has 2 nitrogen and oxygen atoms in total. The van der Waals surface area contributed by atoms with E-state index in [0.717, 1.165) is 30.5 Å². The van der Waals surface area contributed by atoms with Gasteiger partial charge in [-0.1, -0.05) is 42.5 Å². The maximum Gasteiger partial charge on any atom is 0.147 e. The van der Waals surface area contributed by atoms with Crippen LogP contribution in [0.3, 0.4) is 0 Å². The molecule has 2 saturated carbocycles. The fourth-order valence-electron chi connectivity index (χ4n) is 3.51. The Morgan fingerprint density at radius 2 is 1.67 bits per heavy atom. The van der Waals surface area contributed by atoms with Crippen LogP contribution in [0.15, 0.2) is 54.6 Å². The van der Waals surface area contributed by atoms with Gasteiger partial charge in [-0.2, -0.15) is 0 Å². The normalized spacial score (nSPS) is 25.3. The Kier molecular flexibility index (Phi) is 2.68.